The van der Waals surface area contributed by atoms with Crippen LogP contribution >= 0.6 is 0 Å². The standard InChI is InChI=1S/C24H32O7/c1-4-28-19(25)14-16-12-13-24(22(26)29-5-2,23(27)30-6-3)20(16)21-18-11-9-7-8-10-17(18)15-31-21/h14-15,20H,4-13H2,1-3H3/b16-14-. The van der Waals surface area contributed by atoms with Crippen LogP contribution in [0.25, 0.3) is 0 Å². The third-order valence-electron chi connectivity index (χ3n) is 6.19. The topological polar surface area (TPSA) is 92.0 Å². The molecular weight excluding hydrogens is 400 g/mol. The van der Waals surface area contributed by atoms with Gasteiger partial charge in [0.25, 0.3) is 0 Å². The first-order valence-corrected chi connectivity index (χ1v) is 11.3. The van der Waals surface area contributed by atoms with Gasteiger partial charge >= 0.3 is 17.9 Å². The van der Waals surface area contributed by atoms with Crippen LogP contribution in [0.5, 0.6) is 0 Å². The minimum absolute atomic E-state index is 0.139. The zero-order valence-corrected chi connectivity index (χ0v) is 18.7. The van der Waals surface area contributed by atoms with Crippen molar-refractivity contribution in [3.05, 3.63) is 34.8 Å². The molecule has 1 aromatic rings. The van der Waals surface area contributed by atoms with E-state index in [0.29, 0.717) is 17.8 Å². The molecule has 1 fully saturated rings. The zero-order valence-electron chi connectivity index (χ0n) is 18.7. The normalized spacial score (nSPS) is 21.3. The lowest BCUT2D eigenvalue weighted by atomic mass is 9.73. The summed E-state index contributed by atoms with van der Waals surface area (Å²) in [7, 11) is 0. The van der Waals surface area contributed by atoms with Gasteiger partial charge in [-0.1, -0.05) is 12.0 Å². The molecule has 1 unspecified atom stereocenters. The average molecular weight is 433 g/mol. The van der Waals surface area contributed by atoms with Crippen LogP contribution in [0.2, 0.25) is 0 Å². The van der Waals surface area contributed by atoms with E-state index in [0.717, 1.165) is 43.2 Å². The SMILES string of the molecule is CCOC(=O)/C=C1/CCC(C(=O)OCC)(C(=O)OCC)C1c1occ2c1CCCCC2. The number of carbonyl (C=O) groups excluding carboxylic acids is 3. The highest BCUT2D eigenvalue weighted by Crippen LogP contribution is 2.55. The quantitative estimate of drug-likeness (QED) is 0.211. The van der Waals surface area contributed by atoms with Gasteiger partial charge in [-0.3, -0.25) is 9.59 Å². The second-order valence-electron chi connectivity index (χ2n) is 7.98. The summed E-state index contributed by atoms with van der Waals surface area (Å²) in [6, 6.07) is 0. The molecule has 0 N–H and O–H groups in total. The predicted molar refractivity (Wildman–Crippen MR) is 112 cm³/mol. The number of furan rings is 1. The smallest absolute Gasteiger partial charge is 0.330 e. The molecule has 0 bridgehead atoms. The maximum Gasteiger partial charge on any atom is 0.330 e. The van der Waals surface area contributed by atoms with Gasteiger partial charge in [-0.25, -0.2) is 4.79 Å². The fraction of sp³-hybridized carbons (Fsp3) is 0.625. The van der Waals surface area contributed by atoms with Crippen LogP contribution in [-0.4, -0.2) is 37.7 Å². The molecule has 1 heterocycles. The summed E-state index contributed by atoms with van der Waals surface area (Å²) in [5.74, 6) is -1.94. The lowest BCUT2D eigenvalue weighted by molar-refractivity contribution is -0.173. The fourth-order valence-corrected chi connectivity index (χ4v) is 4.84. The van der Waals surface area contributed by atoms with Crippen LogP contribution in [-0.2, 0) is 41.4 Å². The van der Waals surface area contributed by atoms with Gasteiger partial charge in [-0.15, -0.1) is 0 Å². The van der Waals surface area contributed by atoms with E-state index in [1.807, 2.05) is 0 Å². The summed E-state index contributed by atoms with van der Waals surface area (Å²) in [6.45, 7) is 5.66. The number of aryl methyl sites for hydroxylation is 1. The highest BCUT2D eigenvalue weighted by atomic mass is 16.6. The van der Waals surface area contributed by atoms with Crippen molar-refractivity contribution in [1.29, 1.82) is 0 Å². The Bertz CT molecular complexity index is 830. The van der Waals surface area contributed by atoms with Gasteiger partial charge in [-0.05, 0) is 70.4 Å². The third-order valence-corrected chi connectivity index (χ3v) is 6.19. The van der Waals surface area contributed by atoms with Gasteiger partial charge in [0.15, 0.2) is 5.41 Å². The Morgan fingerprint density at radius 2 is 1.61 bits per heavy atom. The second-order valence-corrected chi connectivity index (χ2v) is 7.98. The molecule has 7 nitrogen and oxygen atoms in total. The number of allylic oxidation sites excluding steroid dienone is 1. The van der Waals surface area contributed by atoms with E-state index < -0.39 is 29.2 Å². The molecule has 31 heavy (non-hydrogen) atoms. The van der Waals surface area contributed by atoms with E-state index in [2.05, 4.69) is 0 Å². The molecule has 3 rings (SSSR count). The van der Waals surface area contributed by atoms with Gasteiger partial charge in [0.2, 0.25) is 0 Å². The Labute approximate surface area is 183 Å². The summed E-state index contributed by atoms with van der Waals surface area (Å²) in [4.78, 5) is 38.8. The van der Waals surface area contributed by atoms with E-state index in [1.165, 1.54) is 6.08 Å². The lowest BCUT2D eigenvalue weighted by Crippen LogP contribution is -2.44. The molecule has 0 amide bonds. The molecule has 0 radical (unpaired) electrons. The Kier molecular flexibility index (Phi) is 7.57. The molecule has 0 spiro atoms. The van der Waals surface area contributed by atoms with E-state index in [-0.39, 0.29) is 26.2 Å². The van der Waals surface area contributed by atoms with E-state index in [9.17, 15) is 14.4 Å². The number of carbonyl (C=O) groups is 3. The number of ether oxygens (including phenoxy) is 3. The number of esters is 3. The molecule has 0 aliphatic heterocycles. The molecule has 1 aromatic heterocycles. The van der Waals surface area contributed by atoms with Crippen LogP contribution in [0.4, 0.5) is 0 Å². The number of fused-ring (bicyclic) bond motifs is 1. The van der Waals surface area contributed by atoms with Gasteiger partial charge in [0.05, 0.1) is 32.0 Å². The van der Waals surface area contributed by atoms with Crippen molar-refractivity contribution in [2.24, 2.45) is 5.41 Å². The zero-order chi connectivity index (χ0) is 22.4. The maximum atomic E-state index is 13.3. The lowest BCUT2D eigenvalue weighted by Gasteiger charge is -2.30. The molecule has 0 saturated heterocycles. The Morgan fingerprint density at radius 1 is 0.968 bits per heavy atom. The van der Waals surface area contributed by atoms with E-state index in [4.69, 9.17) is 18.6 Å². The molecule has 2 aliphatic rings. The van der Waals surface area contributed by atoms with Crippen LogP contribution in [0.3, 0.4) is 0 Å². The van der Waals surface area contributed by atoms with Crippen molar-refractivity contribution in [1.82, 2.24) is 0 Å². The van der Waals surface area contributed by atoms with Crippen molar-refractivity contribution in [2.75, 3.05) is 19.8 Å². The van der Waals surface area contributed by atoms with Crippen LogP contribution < -0.4 is 0 Å². The third kappa shape index (κ3) is 4.41. The van der Waals surface area contributed by atoms with Gasteiger partial charge in [-0.2, -0.15) is 0 Å². The molecule has 1 atom stereocenters. The Morgan fingerprint density at radius 3 is 2.26 bits per heavy atom. The van der Waals surface area contributed by atoms with Gasteiger partial charge in [0.1, 0.15) is 5.76 Å². The van der Waals surface area contributed by atoms with E-state index >= 15 is 0 Å². The predicted octanol–water partition coefficient (Wildman–Crippen LogP) is 4.03. The molecule has 1 saturated carbocycles. The first kappa shape index (κ1) is 23.1. The molecule has 2 aliphatic carbocycles. The summed E-state index contributed by atoms with van der Waals surface area (Å²) in [5, 5.41) is 0. The minimum atomic E-state index is -1.58. The number of hydrogen-bond acceptors (Lipinski definition) is 7. The monoisotopic (exact) mass is 432 g/mol. The molecular formula is C24H32O7. The first-order chi connectivity index (χ1) is 15.0. The highest BCUT2D eigenvalue weighted by molar-refractivity contribution is 6.03. The highest BCUT2D eigenvalue weighted by Gasteiger charge is 2.61. The van der Waals surface area contributed by atoms with Gasteiger partial charge in [0, 0.05) is 6.08 Å². The van der Waals surface area contributed by atoms with E-state index in [1.54, 1.807) is 27.0 Å². The summed E-state index contributed by atoms with van der Waals surface area (Å²) < 4.78 is 21.9. The van der Waals surface area contributed by atoms with Crippen molar-refractivity contribution in [2.45, 2.75) is 71.6 Å². The van der Waals surface area contributed by atoms with Crippen molar-refractivity contribution < 1.29 is 33.0 Å². The van der Waals surface area contributed by atoms with Crippen LogP contribution in [0.15, 0.2) is 22.3 Å². The molecule has 7 heteroatoms. The van der Waals surface area contributed by atoms with Crippen molar-refractivity contribution in [3.63, 3.8) is 0 Å². The number of hydrogen-bond donors (Lipinski definition) is 0. The summed E-state index contributed by atoms with van der Waals surface area (Å²) in [5.41, 5.74) is 1.21. The van der Waals surface area contributed by atoms with Gasteiger partial charge < -0.3 is 18.6 Å². The van der Waals surface area contributed by atoms with Crippen LogP contribution in [0.1, 0.15) is 75.7 Å². The maximum absolute atomic E-state index is 13.3. The van der Waals surface area contributed by atoms with Crippen LogP contribution in [0, 0.1) is 5.41 Å². The Hall–Kier alpha value is -2.57. The Balaban J connectivity index is 2.18. The number of rotatable bonds is 7. The average Bonchev–Trinajstić information content (AvgIpc) is 3.21. The summed E-state index contributed by atoms with van der Waals surface area (Å²) >= 11 is 0. The summed E-state index contributed by atoms with van der Waals surface area (Å²) in [6.07, 6.45) is 8.60. The largest absolute Gasteiger partial charge is 0.468 e. The fourth-order valence-electron chi connectivity index (χ4n) is 4.84. The minimum Gasteiger partial charge on any atom is -0.468 e. The van der Waals surface area contributed by atoms with Crippen molar-refractivity contribution >= 4 is 17.9 Å². The molecule has 0 aromatic carbocycles. The van der Waals surface area contributed by atoms with Crippen molar-refractivity contribution in [3.8, 4) is 0 Å². The molecule has 170 valence electrons. The second kappa shape index (κ2) is 10.2. The first-order valence-electron chi connectivity index (χ1n) is 11.3.